The van der Waals surface area contributed by atoms with E-state index in [1.165, 1.54) is 43.5 Å². The molecule has 5 heteroatoms. The number of imidazole rings is 1. The Kier molecular flexibility index (Phi) is 5.89. The fraction of sp³-hybridized carbons (Fsp3) is 0.591. The number of nitrogens with zero attached hydrogens (tertiary/aromatic N) is 3. The maximum atomic E-state index is 13.2. The van der Waals surface area contributed by atoms with E-state index in [9.17, 15) is 4.39 Å². The molecule has 27 heavy (non-hydrogen) atoms. The van der Waals surface area contributed by atoms with Gasteiger partial charge in [-0.05, 0) is 42.9 Å². The molecule has 0 saturated carbocycles. The van der Waals surface area contributed by atoms with Gasteiger partial charge in [-0.3, -0.25) is 9.80 Å². The lowest BCUT2D eigenvalue weighted by Crippen LogP contribution is -2.43. The van der Waals surface area contributed by atoms with Crippen LogP contribution in [0.25, 0.3) is 0 Å². The highest BCUT2D eigenvalue weighted by Gasteiger charge is 2.34. The van der Waals surface area contributed by atoms with Gasteiger partial charge >= 0.3 is 0 Å². The standard InChI is InChI=1S/C22H31FN4/c1-2-3-4-22-24-11-20(25-22)15-27-14-18-7-10-21(27)16-26(13-18)12-17-5-8-19(23)9-6-17/h5-6,8-9,11,18,21H,2-4,7,10,12-16H2,1H3,(H,24,25)/t18-,21+/m0/s1. The Morgan fingerprint density at radius 3 is 2.78 bits per heavy atom. The minimum absolute atomic E-state index is 0.154. The zero-order chi connectivity index (χ0) is 18.6. The van der Waals surface area contributed by atoms with E-state index in [1.807, 2.05) is 18.3 Å². The van der Waals surface area contributed by atoms with Crippen LogP contribution in [-0.4, -0.2) is 45.4 Å². The predicted molar refractivity (Wildman–Crippen MR) is 106 cm³/mol. The molecule has 146 valence electrons. The molecule has 2 bridgehead atoms. The number of aryl methyl sites for hydroxylation is 1. The molecule has 3 fully saturated rings. The molecule has 0 amide bonds. The van der Waals surface area contributed by atoms with Crippen molar-refractivity contribution in [3.8, 4) is 0 Å². The maximum absolute atomic E-state index is 13.2. The van der Waals surface area contributed by atoms with E-state index in [1.54, 1.807) is 12.1 Å². The van der Waals surface area contributed by atoms with Gasteiger partial charge in [0, 0.05) is 57.1 Å². The molecule has 1 aromatic heterocycles. The first-order chi connectivity index (χ1) is 13.2. The summed E-state index contributed by atoms with van der Waals surface area (Å²) in [5, 5.41) is 0. The van der Waals surface area contributed by atoms with Crippen LogP contribution in [0.3, 0.4) is 0 Å². The first-order valence-electron chi connectivity index (χ1n) is 10.4. The van der Waals surface area contributed by atoms with Gasteiger partial charge in [0.1, 0.15) is 11.6 Å². The van der Waals surface area contributed by atoms with E-state index in [-0.39, 0.29) is 5.82 Å². The van der Waals surface area contributed by atoms with Crippen LogP contribution in [0.4, 0.5) is 4.39 Å². The second kappa shape index (κ2) is 8.53. The van der Waals surface area contributed by atoms with Crippen molar-refractivity contribution in [3.63, 3.8) is 0 Å². The molecule has 4 nitrogen and oxygen atoms in total. The van der Waals surface area contributed by atoms with Crippen LogP contribution >= 0.6 is 0 Å². The van der Waals surface area contributed by atoms with Gasteiger partial charge in [-0.15, -0.1) is 0 Å². The lowest BCUT2D eigenvalue weighted by Gasteiger charge is -2.35. The van der Waals surface area contributed by atoms with Gasteiger partial charge in [-0.1, -0.05) is 25.5 Å². The van der Waals surface area contributed by atoms with Crippen LogP contribution in [0.1, 0.15) is 49.7 Å². The molecule has 3 aliphatic rings. The number of nitrogens with one attached hydrogen (secondary N) is 1. The maximum Gasteiger partial charge on any atom is 0.123 e. The number of halogens is 1. The number of fused-ring (bicyclic) bond motifs is 4. The van der Waals surface area contributed by atoms with E-state index in [2.05, 4.69) is 26.7 Å². The molecule has 4 heterocycles. The van der Waals surface area contributed by atoms with Gasteiger partial charge in [0.25, 0.3) is 0 Å². The number of hydrogen-bond acceptors (Lipinski definition) is 3. The zero-order valence-electron chi connectivity index (χ0n) is 16.3. The molecule has 5 rings (SSSR count). The summed E-state index contributed by atoms with van der Waals surface area (Å²) in [4.78, 5) is 13.3. The number of H-pyrrole nitrogens is 1. The van der Waals surface area contributed by atoms with Gasteiger partial charge in [0.15, 0.2) is 0 Å². The number of aromatic nitrogens is 2. The van der Waals surface area contributed by atoms with E-state index in [0.29, 0.717) is 6.04 Å². The Morgan fingerprint density at radius 1 is 1.11 bits per heavy atom. The van der Waals surface area contributed by atoms with Crippen LogP contribution in [0.2, 0.25) is 0 Å². The first-order valence-corrected chi connectivity index (χ1v) is 10.4. The van der Waals surface area contributed by atoms with Crippen molar-refractivity contribution in [2.45, 2.75) is 58.2 Å². The lowest BCUT2D eigenvalue weighted by atomic mass is 9.95. The third-order valence-electron chi connectivity index (χ3n) is 6.04. The Morgan fingerprint density at radius 2 is 1.96 bits per heavy atom. The van der Waals surface area contributed by atoms with Crippen LogP contribution in [0, 0.1) is 11.7 Å². The smallest absolute Gasteiger partial charge is 0.123 e. The molecule has 0 radical (unpaired) electrons. The lowest BCUT2D eigenvalue weighted by molar-refractivity contribution is 0.121. The number of unbranched alkanes of at least 4 members (excludes halogenated alkanes) is 1. The average molecular weight is 371 g/mol. The van der Waals surface area contributed by atoms with E-state index >= 15 is 0 Å². The van der Waals surface area contributed by atoms with E-state index < -0.39 is 0 Å². The van der Waals surface area contributed by atoms with Crippen molar-refractivity contribution in [1.82, 2.24) is 19.8 Å². The van der Waals surface area contributed by atoms with Gasteiger partial charge in [-0.2, -0.15) is 0 Å². The van der Waals surface area contributed by atoms with Crippen LogP contribution in [-0.2, 0) is 19.5 Å². The number of hydrogen-bond donors (Lipinski definition) is 1. The van der Waals surface area contributed by atoms with E-state index in [4.69, 9.17) is 0 Å². The highest BCUT2D eigenvalue weighted by Crippen LogP contribution is 2.29. The molecule has 3 aliphatic heterocycles. The van der Waals surface area contributed by atoms with Gasteiger partial charge in [0.2, 0.25) is 0 Å². The van der Waals surface area contributed by atoms with E-state index in [0.717, 1.165) is 44.3 Å². The number of aromatic amines is 1. The Hall–Kier alpha value is -1.72. The van der Waals surface area contributed by atoms with Crippen LogP contribution < -0.4 is 0 Å². The molecule has 0 spiro atoms. The van der Waals surface area contributed by atoms with Crippen molar-refractivity contribution in [2.75, 3.05) is 19.6 Å². The fourth-order valence-electron chi connectivity index (χ4n) is 4.62. The predicted octanol–water partition coefficient (Wildman–Crippen LogP) is 3.99. The van der Waals surface area contributed by atoms with Gasteiger partial charge < -0.3 is 4.98 Å². The normalized spacial score (nSPS) is 23.6. The molecular formula is C22H31FN4. The summed E-state index contributed by atoms with van der Waals surface area (Å²) in [5.41, 5.74) is 2.46. The van der Waals surface area contributed by atoms with Gasteiger partial charge in [0.05, 0.1) is 0 Å². The summed E-state index contributed by atoms with van der Waals surface area (Å²) < 4.78 is 13.2. The molecule has 2 aromatic rings. The monoisotopic (exact) mass is 370 g/mol. The van der Waals surface area contributed by atoms with Crippen molar-refractivity contribution >= 4 is 0 Å². The summed E-state index contributed by atoms with van der Waals surface area (Å²) in [6.45, 7) is 7.54. The van der Waals surface area contributed by atoms with Crippen LogP contribution in [0.5, 0.6) is 0 Å². The molecule has 1 N–H and O–H groups in total. The highest BCUT2D eigenvalue weighted by atomic mass is 19.1. The van der Waals surface area contributed by atoms with Crippen LogP contribution in [0.15, 0.2) is 30.5 Å². The van der Waals surface area contributed by atoms with Gasteiger partial charge in [-0.25, -0.2) is 9.37 Å². The Labute approximate surface area is 161 Å². The molecular weight excluding hydrogens is 339 g/mol. The highest BCUT2D eigenvalue weighted by molar-refractivity contribution is 5.16. The number of piperidine rings is 1. The summed E-state index contributed by atoms with van der Waals surface area (Å²) in [5.74, 6) is 1.70. The third kappa shape index (κ3) is 4.77. The summed E-state index contributed by atoms with van der Waals surface area (Å²) >= 11 is 0. The summed E-state index contributed by atoms with van der Waals surface area (Å²) in [6.07, 6.45) is 8.08. The first kappa shape index (κ1) is 18.6. The molecule has 1 aromatic carbocycles. The van der Waals surface area contributed by atoms with Crippen molar-refractivity contribution in [3.05, 3.63) is 53.4 Å². The topological polar surface area (TPSA) is 35.2 Å². The third-order valence-corrected chi connectivity index (χ3v) is 6.04. The minimum atomic E-state index is -0.154. The van der Waals surface area contributed by atoms with Crippen molar-refractivity contribution < 1.29 is 4.39 Å². The number of rotatable bonds is 7. The molecule has 2 atom stereocenters. The average Bonchev–Trinajstić information content (AvgIpc) is 2.93. The zero-order valence-corrected chi connectivity index (χ0v) is 16.3. The quantitative estimate of drug-likeness (QED) is 0.800. The van der Waals surface area contributed by atoms with Crippen molar-refractivity contribution in [1.29, 1.82) is 0 Å². The second-order valence-electron chi connectivity index (χ2n) is 8.31. The molecule has 0 aliphatic carbocycles. The SMILES string of the molecule is CCCCc1ncc(CN2C[C@H]3CC[C@@H]2CN(Cc2ccc(F)cc2)C3)[nH]1. The Balaban J connectivity index is 1.37. The molecule has 3 saturated heterocycles. The molecule has 0 unspecified atom stereocenters. The second-order valence-corrected chi connectivity index (χ2v) is 8.31. The summed E-state index contributed by atoms with van der Waals surface area (Å²) in [7, 11) is 0. The fourth-order valence-corrected chi connectivity index (χ4v) is 4.62. The summed E-state index contributed by atoms with van der Waals surface area (Å²) in [6, 6.07) is 7.58. The largest absolute Gasteiger partial charge is 0.345 e. The van der Waals surface area contributed by atoms with Crippen molar-refractivity contribution in [2.24, 2.45) is 5.92 Å². The number of benzene rings is 1. The Bertz CT molecular complexity index is 726. The minimum Gasteiger partial charge on any atom is -0.345 e.